The van der Waals surface area contributed by atoms with Crippen LogP contribution >= 0.6 is 0 Å². The molecule has 4 rings (SSSR count). The SMILES string of the molecule is COC1NCC(C(c2cccc(C(F)(F)F)c2)n2cnnn2)C(N)C1c1ccccc1. The summed E-state index contributed by atoms with van der Waals surface area (Å²) in [7, 11) is 1.60. The monoisotopic (exact) mass is 432 g/mol. The molecule has 31 heavy (non-hydrogen) atoms. The summed E-state index contributed by atoms with van der Waals surface area (Å²) >= 11 is 0. The first-order chi connectivity index (χ1) is 14.9. The molecule has 0 saturated carbocycles. The number of aromatic nitrogens is 4. The van der Waals surface area contributed by atoms with Crippen LogP contribution in [0.15, 0.2) is 60.9 Å². The van der Waals surface area contributed by atoms with Gasteiger partial charge in [-0.3, -0.25) is 5.32 Å². The zero-order valence-electron chi connectivity index (χ0n) is 16.8. The van der Waals surface area contributed by atoms with E-state index in [1.807, 2.05) is 30.3 Å². The first-order valence-electron chi connectivity index (χ1n) is 9.86. The number of nitrogens with one attached hydrogen (secondary N) is 1. The van der Waals surface area contributed by atoms with Gasteiger partial charge in [0.1, 0.15) is 12.6 Å². The van der Waals surface area contributed by atoms with Crippen molar-refractivity contribution in [3.05, 3.63) is 77.6 Å². The zero-order chi connectivity index (χ0) is 22.0. The maximum atomic E-state index is 13.4. The van der Waals surface area contributed by atoms with Crippen LogP contribution in [0.3, 0.4) is 0 Å². The van der Waals surface area contributed by atoms with Crippen LogP contribution in [0.4, 0.5) is 13.2 Å². The quantitative estimate of drug-likeness (QED) is 0.644. The van der Waals surface area contributed by atoms with Gasteiger partial charge >= 0.3 is 6.18 Å². The predicted octanol–water partition coefficient (Wildman–Crippen LogP) is 2.58. The van der Waals surface area contributed by atoms with E-state index >= 15 is 0 Å². The van der Waals surface area contributed by atoms with Crippen molar-refractivity contribution in [3.63, 3.8) is 0 Å². The van der Waals surface area contributed by atoms with Gasteiger partial charge in [-0.25, -0.2) is 4.68 Å². The summed E-state index contributed by atoms with van der Waals surface area (Å²) in [6.45, 7) is 0.420. The van der Waals surface area contributed by atoms with Gasteiger partial charge in [0.05, 0.1) is 11.6 Å². The zero-order valence-corrected chi connectivity index (χ0v) is 16.8. The number of piperidine rings is 1. The normalized spacial score (nSPS) is 25.3. The molecule has 2 aromatic carbocycles. The Morgan fingerprint density at radius 1 is 1.16 bits per heavy atom. The van der Waals surface area contributed by atoms with Gasteiger partial charge in [0.2, 0.25) is 0 Å². The fourth-order valence-corrected chi connectivity index (χ4v) is 4.40. The molecule has 0 bridgehead atoms. The van der Waals surface area contributed by atoms with E-state index in [0.29, 0.717) is 12.1 Å². The summed E-state index contributed by atoms with van der Waals surface area (Å²) in [5.41, 5.74) is 7.46. The lowest BCUT2D eigenvalue weighted by Gasteiger charge is -2.44. The molecule has 0 aliphatic carbocycles. The van der Waals surface area contributed by atoms with Gasteiger partial charge < -0.3 is 10.5 Å². The van der Waals surface area contributed by atoms with Gasteiger partial charge in [-0.15, -0.1) is 5.10 Å². The first kappa shape index (κ1) is 21.4. The highest BCUT2D eigenvalue weighted by molar-refractivity contribution is 5.31. The average molecular weight is 432 g/mol. The molecule has 7 nitrogen and oxygen atoms in total. The minimum atomic E-state index is -4.46. The lowest BCUT2D eigenvalue weighted by molar-refractivity contribution is -0.137. The molecule has 3 aromatic rings. The van der Waals surface area contributed by atoms with Crippen molar-refractivity contribution in [1.82, 2.24) is 25.5 Å². The largest absolute Gasteiger partial charge is 0.416 e. The molecule has 3 N–H and O–H groups in total. The second-order valence-corrected chi connectivity index (χ2v) is 7.60. The number of halogens is 3. The molecule has 0 radical (unpaired) electrons. The Labute approximate surface area is 177 Å². The lowest BCUT2D eigenvalue weighted by atomic mass is 9.75. The highest BCUT2D eigenvalue weighted by Gasteiger charge is 2.43. The van der Waals surface area contributed by atoms with Crippen LogP contribution in [-0.4, -0.2) is 46.1 Å². The Kier molecular flexibility index (Phi) is 6.03. The van der Waals surface area contributed by atoms with Crippen molar-refractivity contribution in [3.8, 4) is 0 Å². The summed E-state index contributed by atoms with van der Waals surface area (Å²) in [6.07, 6.45) is -3.39. The lowest BCUT2D eigenvalue weighted by Crippen LogP contribution is -2.58. The number of nitrogens with two attached hydrogens (primary N) is 1. The number of benzene rings is 2. The van der Waals surface area contributed by atoms with Gasteiger partial charge in [0.15, 0.2) is 0 Å². The maximum absolute atomic E-state index is 13.4. The molecule has 0 spiro atoms. The molecule has 5 unspecified atom stereocenters. The van der Waals surface area contributed by atoms with Crippen LogP contribution < -0.4 is 11.1 Å². The molecule has 1 saturated heterocycles. The molecule has 2 heterocycles. The third-order valence-electron chi connectivity index (χ3n) is 5.84. The minimum Gasteiger partial charge on any atom is -0.366 e. The van der Waals surface area contributed by atoms with Crippen molar-refractivity contribution >= 4 is 0 Å². The van der Waals surface area contributed by atoms with Gasteiger partial charge in [-0.05, 0) is 33.7 Å². The smallest absolute Gasteiger partial charge is 0.366 e. The van der Waals surface area contributed by atoms with E-state index < -0.39 is 23.8 Å². The van der Waals surface area contributed by atoms with E-state index in [0.717, 1.165) is 17.7 Å². The number of ether oxygens (including phenoxy) is 1. The Morgan fingerprint density at radius 2 is 1.94 bits per heavy atom. The van der Waals surface area contributed by atoms with E-state index in [1.54, 1.807) is 13.2 Å². The molecular weight excluding hydrogens is 409 g/mol. The number of hydrogen-bond acceptors (Lipinski definition) is 6. The molecule has 5 atom stereocenters. The van der Waals surface area contributed by atoms with E-state index in [1.165, 1.54) is 17.1 Å². The van der Waals surface area contributed by atoms with E-state index in [4.69, 9.17) is 10.5 Å². The molecular formula is C21H23F3N6O. The average Bonchev–Trinajstić information content (AvgIpc) is 3.29. The van der Waals surface area contributed by atoms with Gasteiger partial charge in [-0.1, -0.05) is 42.5 Å². The fourth-order valence-electron chi connectivity index (χ4n) is 4.40. The molecule has 1 aliphatic rings. The van der Waals surface area contributed by atoms with E-state index in [-0.39, 0.29) is 18.1 Å². The summed E-state index contributed by atoms with van der Waals surface area (Å²) < 4.78 is 47.2. The van der Waals surface area contributed by atoms with Crippen LogP contribution in [0.1, 0.15) is 28.7 Å². The van der Waals surface area contributed by atoms with Gasteiger partial charge in [0, 0.05) is 31.5 Å². The van der Waals surface area contributed by atoms with Crippen molar-refractivity contribution in [1.29, 1.82) is 0 Å². The Balaban J connectivity index is 1.76. The number of tetrazole rings is 1. The van der Waals surface area contributed by atoms with Gasteiger partial charge in [-0.2, -0.15) is 13.2 Å². The van der Waals surface area contributed by atoms with Gasteiger partial charge in [0.25, 0.3) is 0 Å². The summed E-state index contributed by atoms with van der Waals surface area (Å²) in [5, 5.41) is 14.7. The second kappa shape index (κ2) is 8.74. The summed E-state index contributed by atoms with van der Waals surface area (Å²) in [6, 6.07) is 13.9. The number of hydrogen-bond donors (Lipinski definition) is 2. The Morgan fingerprint density at radius 3 is 2.58 bits per heavy atom. The van der Waals surface area contributed by atoms with E-state index in [2.05, 4.69) is 20.8 Å². The maximum Gasteiger partial charge on any atom is 0.416 e. The van der Waals surface area contributed by atoms with Crippen LogP contribution in [0, 0.1) is 5.92 Å². The second-order valence-electron chi connectivity index (χ2n) is 7.60. The molecule has 0 amide bonds. The van der Waals surface area contributed by atoms with Crippen molar-refractivity contribution in [2.45, 2.75) is 30.4 Å². The van der Waals surface area contributed by atoms with E-state index in [9.17, 15) is 13.2 Å². The Hall–Kier alpha value is -2.82. The number of methoxy groups -OCH3 is 1. The fraction of sp³-hybridized carbons (Fsp3) is 0.381. The third-order valence-corrected chi connectivity index (χ3v) is 5.84. The number of rotatable bonds is 5. The number of nitrogens with zero attached hydrogens (tertiary/aromatic N) is 4. The third kappa shape index (κ3) is 4.32. The molecule has 1 aromatic heterocycles. The first-order valence-corrected chi connectivity index (χ1v) is 9.86. The van der Waals surface area contributed by atoms with Crippen LogP contribution in [0.25, 0.3) is 0 Å². The summed E-state index contributed by atoms with van der Waals surface area (Å²) in [5.74, 6) is -0.515. The highest BCUT2D eigenvalue weighted by atomic mass is 19.4. The summed E-state index contributed by atoms with van der Waals surface area (Å²) in [4.78, 5) is 0. The van der Waals surface area contributed by atoms with Crippen molar-refractivity contribution < 1.29 is 17.9 Å². The standard InChI is InChI=1S/C21H23F3N6O/c1-31-20-17(13-6-3-2-4-7-13)18(25)16(11-26-20)19(30-12-27-28-29-30)14-8-5-9-15(10-14)21(22,23)24/h2-10,12,16-20,26H,11,25H2,1H3. The van der Waals surface area contributed by atoms with Crippen molar-refractivity contribution in [2.24, 2.45) is 11.7 Å². The van der Waals surface area contributed by atoms with Crippen molar-refractivity contribution in [2.75, 3.05) is 13.7 Å². The minimum absolute atomic E-state index is 0.213. The van der Waals surface area contributed by atoms with Crippen LogP contribution in [0.5, 0.6) is 0 Å². The molecule has 164 valence electrons. The topological polar surface area (TPSA) is 90.9 Å². The number of alkyl halides is 3. The van der Waals surface area contributed by atoms with Crippen LogP contribution in [0.2, 0.25) is 0 Å². The molecule has 1 aliphatic heterocycles. The molecule has 10 heteroatoms. The Bertz CT molecular complexity index is 982. The highest BCUT2D eigenvalue weighted by Crippen LogP contribution is 2.39. The molecule has 1 fully saturated rings. The predicted molar refractivity (Wildman–Crippen MR) is 107 cm³/mol. The van der Waals surface area contributed by atoms with Crippen LogP contribution in [-0.2, 0) is 10.9 Å².